The zero-order valence-electron chi connectivity index (χ0n) is 14.3. The van der Waals surface area contributed by atoms with E-state index in [0.29, 0.717) is 17.8 Å². The van der Waals surface area contributed by atoms with Gasteiger partial charge in [-0.15, -0.1) is 0 Å². The molecule has 26 heavy (non-hydrogen) atoms. The number of hydrogen-bond acceptors (Lipinski definition) is 3. The Bertz CT molecular complexity index is 776. The fourth-order valence-corrected chi connectivity index (χ4v) is 2.33. The third-order valence-electron chi connectivity index (χ3n) is 3.54. The van der Waals surface area contributed by atoms with Gasteiger partial charge in [0.15, 0.2) is 11.5 Å². The van der Waals surface area contributed by atoms with Crippen molar-refractivity contribution in [2.24, 2.45) is 0 Å². The molecule has 2 aromatic carbocycles. The molecule has 0 aromatic heterocycles. The summed E-state index contributed by atoms with van der Waals surface area (Å²) in [7, 11) is 1.33. The van der Waals surface area contributed by atoms with Crippen LogP contribution in [0.5, 0.6) is 11.5 Å². The molecule has 0 heterocycles. The van der Waals surface area contributed by atoms with E-state index in [1.165, 1.54) is 66.6 Å². The Morgan fingerprint density at radius 3 is 2.42 bits per heavy atom. The number of amides is 1. The quantitative estimate of drug-likeness (QED) is 0.678. The fraction of sp³-hybridized carbons (Fsp3) is 0.211. The van der Waals surface area contributed by atoms with Gasteiger partial charge in [-0.2, -0.15) is 8.78 Å². The number of halogens is 3. The van der Waals surface area contributed by atoms with Gasteiger partial charge in [0, 0.05) is 18.3 Å². The summed E-state index contributed by atoms with van der Waals surface area (Å²) in [5.41, 5.74) is 1.15. The number of nitrogens with zero attached hydrogens (tertiary/aromatic N) is 1. The van der Waals surface area contributed by atoms with Crippen LogP contribution >= 0.6 is 0 Å². The Labute approximate surface area is 149 Å². The van der Waals surface area contributed by atoms with Crippen molar-refractivity contribution in [3.63, 3.8) is 0 Å². The average Bonchev–Trinajstić information content (AvgIpc) is 2.62. The van der Waals surface area contributed by atoms with Crippen LogP contribution in [-0.4, -0.2) is 26.2 Å². The lowest BCUT2D eigenvalue weighted by atomic mass is 10.2. The van der Waals surface area contributed by atoms with E-state index < -0.39 is 6.61 Å². The third-order valence-corrected chi connectivity index (χ3v) is 3.54. The maximum atomic E-state index is 13.0. The molecule has 0 unspecified atom stereocenters. The molecule has 0 atom stereocenters. The molecule has 4 nitrogen and oxygen atoms in total. The van der Waals surface area contributed by atoms with Gasteiger partial charge >= 0.3 is 6.61 Å². The van der Waals surface area contributed by atoms with Gasteiger partial charge in [-0.25, -0.2) is 4.39 Å². The van der Waals surface area contributed by atoms with Crippen molar-refractivity contribution in [3.8, 4) is 11.5 Å². The first-order chi connectivity index (χ1) is 12.4. The van der Waals surface area contributed by atoms with Crippen LogP contribution in [0.3, 0.4) is 0 Å². The molecule has 2 rings (SSSR count). The number of ether oxygens (including phenoxy) is 2. The van der Waals surface area contributed by atoms with Crippen molar-refractivity contribution in [3.05, 3.63) is 59.9 Å². The molecule has 0 N–H and O–H groups in total. The summed E-state index contributed by atoms with van der Waals surface area (Å²) in [6.07, 6.45) is 2.87. The Balaban J connectivity index is 2.16. The van der Waals surface area contributed by atoms with Crippen LogP contribution in [-0.2, 0) is 4.79 Å². The second-order valence-corrected chi connectivity index (χ2v) is 5.18. The highest BCUT2D eigenvalue weighted by atomic mass is 19.3. The van der Waals surface area contributed by atoms with Crippen molar-refractivity contribution >= 4 is 17.7 Å². The fourth-order valence-electron chi connectivity index (χ4n) is 2.33. The smallest absolute Gasteiger partial charge is 0.387 e. The summed E-state index contributed by atoms with van der Waals surface area (Å²) in [4.78, 5) is 13.9. The number of carbonyl (C=O) groups excluding carboxylic acids is 1. The summed E-state index contributed by atoms with van der Waals surface area (Å²) in [5, 5.41) is 0. The van der Waals surface area contributed by atoms with Gasteiger partial charge in [0.25, 0.3) is 5.91 Å². The van der Waals surface area contributed by atoms with Crippen molar-refractivity contribution in [2.75, 3.05) is 18.6 Å². The second kappa shape index (κ2) is 8.94. The predicted molar refractivity (Wildman–Crippen MR) is 93.1 cm³/mol. The van der Waals surface area contributed by atoms with Gasteiger partial charge in [0.05, 0.1) is 7.11 Å². The molecule has 2 aromatic rings. The minimum absolute atomic E-state index is 0.0903. The lowest BCUT2D eigenvalue weighted by Gasteiger charge is -2.19. The largest absolute Gasteiger partial charge is 0.493 e. The minimum atomic E-state index is -2.96. The van der Waals surface area contributed by atoms with Gasteiger partial charge in [0.2, 0.25) is 0 Å². The summed E-state index contributed by atoms with van der Waals surface area (Å²) in [6.45, 7) is -0.755. The molecule has 0 bridgehead atoms. The molecule has 0 aliphatic rings. The van der Waals surface area contributed by atoms with E-state index >= 15 is 0 Å². The molecule has 0 spiro atoms. The molecule has 1 amide bonds. The monoisotopic (exact) mass is 365 g/mol. The Morgan fingerprint density at radius 1 is 1.15 bits per heavy atom. The van der Waals surface area contributed by atoms with Crippen LogP contribution in [0.25, 0.3) is 6.08 Å². The number of anilines is 1. The number of likely N-dealkylation sites (N-methyl/N-ethyl adjacent to an activating group) is 1. The van der Waals surface area contributed by atoms with Crippen LogP contribution in [0.2, 0.25) is 0 Å². The van der Waals surface area contributed by atoms with Gasteiger partial charge < -0.3 is 14.4 Å². The number of hydrogen-bond donors (Lipinski definition) is 0. The van der Waals surface area contributed by atoms with E-state index in [-0.39, 0.29) is 23.2 Å². The molecule has 0 fully saturated rings. The normalized spacial score (nSPS) is 11.0. The molecule has 0 aliphatic carbocycles. The van der Waals surface area contributed by atoms with E-state index in [0.717, 1.165) is 0 Å². The van der Waals surface area contributed by atoms with E-state index in [9.17, 15) is 18.0 Å². The zero-order valence-corrected chi connectivity index (χ0v) is 14.3. The summed E-state index contributed by atoms with van der Waals surface area (Å²) >= 11 is 0. The SMILES string of the molecule is CCN(C(=O)/C=C/c1ccc(OC(F)F)c(OC)c1)c1ccc(F)cc1. The standard InChI is InChI=1S/C19H18F3NO3/c1-3-23(15-8-6-14(20)7-9-15)18(24)11-5-13-4-10-16(26-19(21)22)17(12-13)25-2/h4-12,19H,3H2,1-2H3/b11-5+. The van der Waals surface area contributed by atoms with Crippen molar-refractivity contribution in [2.45, 2.75) is 13.5 Å². The van der Waals surface area contributed by atoms with Crippen molar-refractivity contribution < 1.29 is 27.4 Å². The molecule has 138 valence electrons. The lowest BCUT2D eigenvalue weighted by molar-refractivity contribution is -0.114. The van der Waals surface area contributed by atoms with Crippen LogP contribution in [0.4, 0.5) is 18.9 Å². The minimum Gasteiger partial charge on any atom is -0.493 e. The van der Waals surface area contributed by atoms with Gasteiger partial charge in [0.1, 0.15) is 5.82 Å². The lowest BCUT2D eigenvalue weighted by Crippen LogP contribution is -2.28. The van der Waals surface area contributed by atoms with Crippen LogP contribution < -0.4 is 14.4 Å². The highest BCUT2D eigenvalue weighted by molar-refractivity contribution is 6.03. The number of carbonyl (C=O) groups is 1. The summed E-state index contributed by atoms with van der Waals surface area (Å²) in [6, 6.07) is 9.94. The van der Waals surface area contributed by atoms with Crippen molar-refractivity contribution in [1.82, 2.24) is 0 Å². The van der Waals surface area contributed by atoms with Crippen LogP contribution in [0, 0.1) is 5.82 Å². The van der Waals surface area contributed by atoms with E-state index in [2.05, 4.69) is 4.74 Å². The second-order valence-electron chi connectivity index (χ2n) is 5.18. The number of alkyl halides is 2. The van der Waals surface area contributed by atoms with E-state index in [1.807, 2.05) is 0 Å². The highest BCUT2D eigenvalue weighted by Gasteiger charge is 2.12. The number of rotatable bonds is 7. The number of methoxy groups -OCH3 is 1. The number of benzene rings is 2. The van der Waals surface area contributed by atoms with E-state index in [1.54, 1.807) is 6.92 Å². The van der Waals surface area contributed by atoms with Gasteiger partial charge in [-0.05, 0) is 55.0 Å². The zero-order chi connectivity index (χ0) is 19.1. The summed E-state index contributed by atoms with van der Waals surface area (Å²) < 4.78 is 47.1. The molecule has 0 saturated carbocycles. The maximum Gasteiger partial charge on any atom is 0.387 e. The highest BCUT2D eigenvalue weighted by Crippen LogP contribution is 2.30. The molecule has 0 saturated heterocycles. The Morgan fingerprint density at radius 2 is 1.85 bits per heavy atom. The van der Waals surface area contributed by atoms with Gasteiger partial charge in [-0.1, -0.05) is 6.07 Å². The van der Waals surface area contributed by atoms with Crippen LogP contribution in [0.1, 0.15) is 12.5 Å². The molecular weight excluding hydrogens is 347 g/mol. The van der Waals surface area contributed by atoms with Gasteiger partial charge in [-0.3, -0.25) is 4.79 Å². The van der Waals surface area contributed by atoms with E-state index in [4.69, 9.17) is 4.74 Å². The first-order valence-corrected chi connectivity index (χ1v) is 7.82. The molecular formula is C19H18F3NO3. The predicted octanol–water partition coefficient (Wildman–Crippen LogP) is 4.50. The first-order valence-electron chi connectivity index (χ1n) is 7.82. The molecule has 0 aliphatic heterocycles. The Kier molecular flexibility index (Phi) is 6.66. The maximum absolute atomic E-state index is 13.0. The van der Waals surface area contributed by atoms with Crippen LogP contribution in [0.15, 0.2) is 48.5 Å². The topological polar surface area (TPSA) is 38.8 Å². The summed E-state index contributed by atoms with van der Waals surface area (Å²) in [5.74, 6) is -0.643. The first kappa shape index (κ1) is 19.4. The molecule has 7 heteroatoms. The average molecular weight is 365 g/mol. The molecule has 0 radical (unpaired) electrons. The third kappa shape index (κ3) is 5.02. The van der Waals surface area contributed by atoms with Crippen molar-refractivity contribution in [1.29, 1.82) is 0 Å². The Hall–Kier alpha value is -2.96.